The van der Waals surface area contributed by atoms with Gasteiger partial charge in [0.05, 0.1) is 10.9 Å². The molecule has 0 atom stereocenters. The molecule has 0 saturated heterocycles. The molecule has 1 heterocycles. The Morgan fingerprint density at radius 2 is 2.11 bits per heavy atom. The standard InChI is InChI=1S/C12H14BrNO4.ClH/c13-9-5-8(7-14-2-1-11(15)16)6-10-12(9)18-4-3-17-10;/h5-6,14H,1-4,7H2,(H,15,16);1H. The first kappa shape index (κ1) is 16.1. The fourth-order valence-corrected chi connectivity index (χ4v) is 2.30. The van der Waals surface area contributed by atoms with Crippen molar-refractivity contribution in [3.05, 3.63) is 22.2 Å². The topological polar surface area (TPSA) is 67.8 Å². The molecule has 0 bridgehead atoms. The predicted octanol–water partition coefficient (Wildman–Crippen LogP) is 2.21. The molecule has 1 aliphatic rings. The maximum atomic E-state index is 10.4. The summed E-state index contributed by atoms with van der Waals surface area (Å²) in [6.45, 7) is 2.15. The molecule has 0 fully saturated rings. The lowest BCUT2D eigenvalue weighted by molar-refractivity contribution is -0.136. The second-order valence-corrected chi connectivity index (χ2v) is 4.78. The number of carbonyl (C=O) groups is 1. The summed E-state index contributed by atoms with van der Waals surface area (Å²) in [5, 5.41) is 11.6. The molecular weight excluding hydrogens is 337 g/mol. The summed E-state index contributed by atoms with van der Waals surface area (Å²) in [5.41, 5.74) is 1.02. The summed E-state index contributed by atoms with van der Waals surface area (Å²) < 4.78 is 11.9. The molecule has 5 nitrogen and oxygen atoms in total. The zero-order valence-electron chi connectivity index (χ0n) is 10.1. The molecule has 106 valence electrons. The molecule has 0 unspecified atom stereocenters. The molecule has 1 aromatic carbocycles. The quantitative estimate of drug-likeness (QED) is 0.795. The number of benzene rings is 1. The fraction of sp³-hybridized carbons (Fsp3) is 0.417. The Bertz CT molecular complexity index is 456. The predicted molar refractivity (Wildman–Crippen MR) is 76.3 cm³/mol. The van der Waals surface area contributed by atoms with Crippen molar-refractivity contribution in [2.24, 2.45) is 0 Å². The van der Waals surface area contributed by atoms with Gasteiger partial charge in [0.25, 0.3) is 0 Å². The Hall–Kier alpha value is -0.980. The Labute approximate surface area is 125 Å². The second-order valence-electron chi connectivity index (χ2n) is 3.92. The number of hydrogen-bond donors (Lipinski definition) is 2. The molecule has 2 N–H and O–H groups in total. The monoisotopic (exact) mass is 351 g/mol. The molecule has 19 heavy (non-hydrogen) atoms. The van der Waals surface area contributed by atoms with Gasteiger partial charge in [-0.2, -0.15) is 0 Å². The molecular formula is C12H15BrClNO4. The summed E-state index contributed by atoms with van der Waals surface area (Å²) in [5.74, 6) is 0.659. The highest BCUT2D eigenvalue weighted by atomic mass is 79.9. The van der Waals surface area contributed by atoms with E-state index < -0.39 is 5.97 Å². The van der Waals surface area contributed by atoms with Crippen LogP contribution in [0.25, 0.3) is 0 Å². The number of carboxylic acids is 1. The lowest BCUT2D eigenvalue weighted by Crippen LogP contribution is -2.19. The van der Waals surface area contributed by atoms with Crippen LogP contribution in [0.1, 0.15) is 12.0 Å². The minimum atomic E-state index is -0.800. The van der Waals surface area contributed by atoms with Gasteiger partial charge in [0.1, 0.15) is 13.2 Å². The number of fused-ring (bicyclic) bond motifs is 1. The molecule has 0 aromatic heterocycles. The lowest BCUT2D eigenvalue weighted by Gasteiger charge is -2.20. The number of halogens is 2. The van der Waals surface area contributed by atoms with Gasteiger partial charge in [-0.3, -0.25) is 4.79 Å². The summed E-state index contributed by atoms with van der Waals surface area (Å²) in [4.78, 5) is 10.4. The first-order chi connectivity index (χ1) is 8.66. The van der Waals surface area contributed by atoms with Gasteiger partial charge >= 0.3 is 5.97 Å². The third-order valence-corrected chi connectivity index (χ3v) is 3.09. The Balaban J connectivity index is 0.00000180. The molecule has 0 amide bonds. The van der Waals surface area contributed by atoms with E-state index in [1.54, 1.807) is 0 Å². The van der Waals surface area contributed by atoms with Crippen LogP contribution in [-0.2, 0) is 11.3 Å². The van der Waals surface area contributed by atoms with Crippen molar-refractivity contribution >= 4 is 34.3 Å². The van der Waals surface area contributed by atoms with Crippen molar-refractivity contribution in [3.8, 4) is 11.5 Å². The van der Waals surface area contributed by atoms with Gasteiger partial charge in [-0.25, -0.2) is 0 Å². The van der Waals surface area contributed by atoms with E-state index in [0.29, 0.717) is 26.3 Å². The molecule has 1 aliphatic heterocycles. The smallest absolute Gasteiger partial charge is 0.304 e. The van der Waals surface area contributed by atoms with Crippen LogP contribution in [-0.4, -0.2) is 30.8 Å². The molecule has 2 rings (SSSR count). The average molecular weight is 353 g/mol. The molecule has 7 heteroatoms. The van der Waals surface area contributed by atoms with Crippen LogP contribution in [0.3, 0.4) is 0 Å². The van der Waals surface area contributed by atoms with E-state index in [2.05, 4.69) is 21.2 Å². The molecule has 0 aliphatic carbocycles. The largest absolute Gasteiger partial charge is 0.486 e. The van der Waals surface area contributed by atoms with Crippen LogP contribution < -0.4 is 14.8 Å². The maximum absolute atomic E-state index is 10.4. The molecule has 1 aromatic rings. The molecule has 0 saturated carbocycles. The Kier molecular flexibility index (Phi) is 6.41. The van der Waals surface area contributed by atoms with E-state index in [0.717, 1.165) is 21.5 Å². The van der Waals surface area contributed by atoms with E-state index in [9.17, 15) is 4.79 Å². The van der Waals surface area contributed by atoms with E-state index in [4.69, 9.17) is 14.6 Å². The number of carboxylic acid groups (broad SMARTS) is 1. The van der Waals surface area contributed by atoms with Crippen LogP contribution in [0.15, 0.2) is 16.6 Å². The van der Waals surface area contributed by atoms with Crippen molar-refractivity contribution in [2.45, 2.75) is 13.0 Å². The van der Waals surface area contributed by atoms with E-state index in [1.807, 2.05) is 12.1 Å². The highest BCUT2D eigenvalue weighted by Gasteiger charge is 2.16. The fourth-order valence-electron chi connectivity index (χ4n) is 1.69. The Morgan fingerprint density at radius 1 is 1.37 bits per heavy atom. The minimum Gasteiger partial charge on any atom is -0.486 e. The first-order valence-corrected chi connectivity index (χ1v) is 6.46. The number of ether oxygens (including phenoxy) is 2. The second kappa shape index (κ2) is 7.57. The highest BCUT2D eigenvalue weighted by Crippen LogP contribution is 2.38. The number of hydrogen-bond acceptors (Lipinski definition) is 4. The average Bonchev–Trinajstić information content (AvgIpc) is 2.35. The summed E-state index contributed by atoms with van der Waals surface area (Å²) >= 11 is 3.44. The van der Waals surface area contributed by atoms with Crippen molar-refractivity contribution in [3.63, 3.8) is 0 Å². The van der Waals surface area contributed by atoms with Crippen molar-refractivity contribution in [1.29, 1.82) is 0 Å². The molecule has 0 spiro atoms. The van der Waals surface area contributed by atoms with Gasteiger partial charge < -0.3 is 19.9 Å². The van der Waals surface area contributed by atoms with Crippen LogP contribution in [0.2, 0.25) is 0 Å². The number of aliphatic carboxylic acids is 1. The maximum Gasteiger partial charge on any atom is 0.304 e. The van der Waals surface area contributed by atoms with Crippen LogP contribution in [0.5, 0.6) is 11.5 Å². The van der Waals surface area contributed by atoms with Crippen LogP contribution in [0, 0.1) is 0 Å². The van der Waals surface area contributed by atoms with Crippen molar-refractivity contribution < 1.29 is 19.4 Å². The summed E-state index contributed by atoms with van der Waals surface area (Å²) in [6.07, 6.45) is 0.117. The normalized spacial score (nSPS) is 12.7. The van der Waals surface area contributed by atoms with E-state index >= 15 is 0 Å². The number of rotatable bonds is 5. The first-order valence-electron chi connectivity index (χ1n) is 5.67. The van der Waals surface area contributed by atoms with Gasteiger partial charge in [0, 0.05) is 13.1 Å². The van der Waals surface area contributed by atoms with Crippen molar-refractivity contribution in [1.82, 2.24) is 5.32 Å². The summed E-state index contributed by atoms with van der Waals surface area (Å²) in [7, 11) is 0. The highest BCUT2D eigenvalue weighted by molar-refractivity contribution is 9.10. The van der Waals surface area contributed by atoms with Crippen molar-refractivity contribution in [2.75, 3.05) is 19.8 Å². The zero-order valence-corrected chi connectivity index (χ0v) is 12.6. The van der Waals surface area contributed by atoms with Gasteiger partial charge in [-0.1, -0.05) is 0 Å². The van der Waals surface area contributed by atoms with Crippen LogP contribution >= 0.6 is 28.3 Å². The van der Waals surface area contributed by atoms with Crippen LogP contribution in [0.4, 0.5) is 0 Å². The minimum absolute atomic E-state index is 0. The van der Waals surface area contributed by atoms with E-state index in [-0.39, 0.29) is 18.8 Å². The van der Waals surface area contributed by atoms with Gasteiger partial charge in [0.15, 0.2) is 11.5 Å². The van der Waals surface area contributed by atoms with E-state index in [1.165, 1.54) is 0 Å². The third-order valence-electron chi connectivity index (χ3n) is 2.50. The third kappa shape index (κ3) is 4.56. The zero-order chi connectivity index (χ0) is 13.0. The SMILES string of the molecule is Cl.O=C(O)CCNCc1cc(Br)c2c(c1)OCCO2. The Morgan fingerprint density at radius 3 is 2.84 bits per heavy atom. The van der Waals surface area contributed by atoms with Gasteiger partial charge in [-0.05, 0) is 33.6 Å². The summed E-state index contributed by atoms with van der Waals surface area (Å²) in [6, 6.07) is 3.86. The van der Waals surface area contributed by atoms with Gasteiger partial charge in [0.2, 0.25) is 0 Å². The molecule has 0 radical (unpaired) electrons. The lowest BCUT2D eigenvalue weighted by atomic mass is 10.2. The van der Waals surface area contributed by atoms with Gasteiger partial charge in [-0.15, -0.1) is 12.4 Å². The number of nitrogens with one attached hydrogen (secondary N) is 1.